The maximum Gasteiger partial charge on any atom is 0.228 e. The number of hydrogen-bond acceptors (Lipinski definition) is 4. The van der Waals surface area contributed by atoms with Crippen molar-refractivity contribution < 1.29 is 9.59 Å². The lowest BCUT2D eigenvalue weighted by Gasteiger charge is -2.30. The molecule has 3 heterocycles. The molecule has 28 heavy (non-hydrogen) atoms. The topological polar surface area (TPSA) is 43.9 Å². The average Bonchev–Trinajstić information content (AvgIpc) is 3.26. The van der Waals surface area contributed by atoms with E-state index in [1.54, 1.807) is 11.3 Å². The lowest BCUT2D eigenvalue weighted by atomic mass is 9.96. The maximum atomic E-state index is 13.5. The summed E-state index contributed by atoms with van der Waals surface area (Å²) in [5.74, 6) is -0.167. The second kappa shape index (κ2) is 8.05. The third-order valence-corrected chi connectivity index (χ3v) is 6.76. The van der Waals surface area contributed by atoms with E-state index < -0.39 is 0 Å². The molecule has 2 aliphatic rings. The van der Waals surface area contributed by atoms with Gasteiger partial charge in [-0.2, -0.15) is 0 Å². The van der Waals surface area contributed by atoms with Gasteiger partial charge in [-0.3, -0.25) is 9.59 Å². The van der Waals surface area contributed by atoms with E-state index in [1.165, 1.54) is 0 Å². The van der Waals surface area contributed by atoms with Crippen molar-refractivity contribution in [3.63, 3.8) is 0 Å². The van der Waals surface area contributed by atoms with Gasteiger partial charge in [0.15, 0.2) is 0 Å². The van der Waals surface area contributed by atoms with Crippen molar-refractivity contribution in [2.24, 2.45) is 5.92 Å². The molecule has 2 amide bonds. The average molecular weight is 398 g/mol. The van der Waals surface area contributed by atoms with Crippen LogP contribution >= 0.6 is 11.3 Å². The van der Waals surface area contributed by atoms with Crippen molar-refractivity contribution in [3.8, 4) is 0 Å². The molecule has 4 rings (SSSR count). The molecule has 2 unspecified atom stereocenters. The Morgan fingerprint density at radius 1 is 1.07 bits per heavy atom. The van der Waals surface area contributed by atoms with Crippen molar-refractivity contribution >= 4 is 28.8 Å². The van der Waals surface area contributed by atoms with Crippen LogP contribution in [0.15, 0.2) is 41.8 Å². The molecule has 2 aromatic rings. The predicted molar refractivity (Wildman–Crippen MR) is 113 cm³/mol. The van der Waals surface area contributed by atoms with Crippen molar-refractivity contribution in [1.82, 2.24) is 9.80 Å². The van der Waals surface area contributed by atoms with Crippen molar-refractivity contribution in [2.75, 3.05) is 38.1 Å². The smallest absolute Gasteiger partial charge is 0.228 e. The molecule has 2 saturated heterocycles. The van der Waals surface area contributed by atoms with E-state index in [1.807, 2.05) is 58.5 Å². The van der Waals surface area contributed by atoms with E-state index >= 15 is 0 Å². The molecular weight excluding hydrogens is 370 g/mol. The highest BCUT2D eigenvalue weighted by atomic mass is 32.1. The number of benzene rings is 1. The van der Waals surface area contributed by atoms with Crippen LogP contribution in [0.5, 0.6) is 0 Å². The van der Waals surface area contributed by atoms with E-state index in [2.05, 4.69) is 11.9 Å². The number of aryl methyl sites for hydroxylation is 1. The minimum Gasteiger partial charge on any atom is -0.341 e. The number of hydrogen-bond donors (Lipinski definition) is 0. The first-order valence-corrected chi connectivity index (χ1v) is 10.8. The van der Waals surface area contributed by atoms with Gasteiger partial charge in [0.1, 0.15) is 0 Å². The van der Waals surface area contributed by atoms with Gasteiger partial charge < -0.3 is 14.7 Å². The Morgan fingerprint density at radius 3 is 2.57 bits per heavy atom. The number of amides is 2. The number of anilines is 1. The maximum absolute atomic E-state index is 13.5. The summed E-state index contributed by atoms with van der Waals surface area (Å²) in [6.07, 6.45) is 1.26. The van der Waals surface area contributed by atoms with Crippen LogP contribution in [-0.4, -0.2) is 54.8 Å². The Labute approximate surface area is 170 Å². The first-order valence-electron chi connectivity index (χ1n) is 9.94. The predicted octanol–water partition coefficient (Wildman–Crippen LogP) is 3.31. The molecular formula is C22H27N3O2S. The standard InChI is InChI=1S/C22H27N3O2S/c1-16-6-8-17(9-7-16)25-20(26)15-18(21(25)19-5-3-14-28-19)22(27)24-11-4-10-23(2)12-13-24/h3,5-9,14,18,21H,4,10-13,15H2,1-2H3. The number of nitrogens with zero attached hydrogens (tertiary/aromatic N) is 3. The zero-order valence-electron chi connectivity index (χ0n) is 16.5. The third-order valence-electron chi connectivity index (χ3n) is 5.82. The Balaban J connectivity index is 1.65. The molecule has 0 N–H and O–H groups in total. The van der Waals surface area contributed by atoms with Crippen LogP contribution in [-0.2, 0) is 9.59 Å². The fourth-order valence-corrected chi connectivity index (χ4v) is 5.13. The number of thiophene rings is 1. The highest BCUT2D eigenvalue weighted by Crippen LogP contribution is 2.43. The van der Waals surface area contributed by atoms with Crippen molar-refractivity contribution in [3.05, 3.63) is 52.2 Å². The summed E-state index contributed by atoms with van der Waals surface area (Å²) in [6, 6.07) is 11.8. The SMILES string of the molecule is Cc1ccc(N2C(=O)CC(C(=O)N3CCCN(C)CC3)C2c2cccs2)cc1. The van der Waals surface area contributed by atoms with Gasteiger partial charge in [-0.25, -0.2) is 0 Å². The zero-order valence-corrected chi connectivity index (χ0v) is 17.3. The Bertz CT molecular complexity index is 834. The second-order valence-electron chi connectivity index (χ2n) is 7.85. The summed E-state index contributed by atoms with van der Waals surface area (Å²) < 4.78 is 0. The fourth-order valence-electron chi connectivity index (χ4n) is 4.25. The molecule has 6 heteroatoms. The molecule has 0 spiro atoms. The van der Waals surface area contributed by atoms with E-state index in [9.17, 15) is 9.59 Å². The summed E-state index contributed by atoms with van der Waals surface area (Å²) >= 11 is 1.62. The van der Waals surface area contributed by atoms with Crippen LogP contribution in [0.25, 0.3) is 0 Å². The fraction of sp³-hybridized carbons (Fsp3) is 0.455. The Kier molecular flexibility index (Phi) is 5.51. The largest absolute Gasteiger partial charge is 0.341 e. The van der Waals surface area contributed by atoms with Crippen molar-refractivity contribution in [2.45, 2.75) is 25.8 Å². The lowest BCUT2D eigenvalue weighted by molar-refractivity contribution is -0.136. The van der Waals surface area contributed by atoms with Crippen molar-refractivity contribution in [1.29, 1.82) is 0 Å². The first kappa shape index (κ1) is 19.2. The molecule has 0 saturated carbocycles. The van der Waals surface area contributed by atoms with Gasteiger partial charge in [0, 0.05) is 36.6 Å². The number of rotatable bonds is 3. The summed E-state index contributed by atoms with van der Waals surface area (Å²) in [5, 5.41) is 2.02. The number of carbonyl (C=O) groups is 2. The normalized spacial score (nSPS) is 23.9. The summed E-state index contributed by atoms with van der Waals surface area (Å²) in [6.45, 7) is 5.45. The third kappa shape index (κ3) is 3.71. The monoisotopic (exact) mass is 397 g/mol. The molecule has 0 radical (unpaired) electrons. The van der Waals surface area contributed by atoms with Gasteiger partial charge in [0.05, 0.1) is 12.0 Å². The molecule has 1 aromatic heterocycles. The minimum atomic E-state index is -0.323. The quantitative estimate of drug-likeness (QED) is 0.798. The first-order chi connectivity index (χ1) is 13.5. The highest BCUT2D eigenvalue weighted by Gasteiger charge is 2.47. The number of likely N-dealkylation sites (N-methyl/N-ethyl adjacent to an activating group) is 1. The van der Waals surface area contributed by atoms with Gasteiger partial charge in [0.25, 0.3) is 0 Å². The molecule has 5 nitrogen and oxygen atoms in total. The van der Waals surface area contributed by atoms with Crippen LogP contribution in [0.4, 0.5) is 5.69 Å². The molecule has 2 atom stereocenters. The number of carbonyl (C=O) groups excluding carboxylic acids is 2. The highest BCUT2D eigenvalue weighted by molar-refractivity contribution is 7.10. The zero-order chi connectivity index (χ0) is 19.7. The second-order valence-corrected chi connectivity index (χ2v) is 8.83. The molecule has 0 aliphatic carbocycles. The molecule has 0 bridgehead atoms. The van der Waals surface area contributed by atoms with Crippen LogP contribution in [0.3, 0.4) is 0 Å². The van der Waals surface area contributed by atoms with Crippen LogP contribution in [0, 0.1) is 12.8 Å². The molecule has 2 aliphatic heterocycles. The summed E-state index contributed by atoms with van der Waals surface area (Å²) in [4.78, 5) is 33.7. The molecule has 2 fully saturated rings. The van der Waals surface area contributed by atoms with E-state index in [0.717, 1.165) is 48.7 Å². The Hall–Kier alpha value is -2.18. The lowest BCUT2D eigenvalue weighted by Crippen LogP contribution is -2.40. The summed E-state index contributed by atoms with van der Waals surface area (Å²) in [7, 11) is 2.10. The van der Waals surface area contributed by atoms with E-state index in [0.29, 0.717) is 0 Å². The molecule has 148 valence electrons. The summed E-state index contributed by atoms with van der Waals surface area (Å²) in [5.41, 5.74) is 2.03. The van der Waals surface area contributed by atoms with E-state index in [4.69, 9.17) is 0 Å². The Morgan fingerprint density at radius 2 is 1.86 bits per heavy atom. The van der Waals surface area contributed by atoms with Gasteiger partial charge in [0.2, 0.25) is 11.8 Å². The van der Waals surface area contributed by atoms with Gasteiger partial charge in [-0.15, -0.1) is 11.3 Å². The van der Waals surface area contributed by atoms with Crippen LogP contribution in [0.2, 0.25) is 0 Å². The van der Waals surface area contributed by atoms with Gasteiger partial charge >= 0.3 is 0 Å². The van der Waals surface area contributed by atoms with Crippen LogP contribution < -0.4 is 4.90 Å². The minimum absolute atomic E-state index is 0.0348. The van der Waals surface area contributed by atoms with Crippen LogP contribution in [0.1, 0.15) is 29.3 Å². The van der Waals surface area contributed by atoms with Gasteiger partial charge in [-0.05, 0) is 50.5 Å². The van der Waals surface area contributed by atoms with E-state index in [-0.39, 0.29) is 30.2 Å². The molecule has 1 aromatic carbocycles. The van der Waals surface area contributed by atoms with Gasteiger partial charge in [-0.1, -0.05) is 23.8 Å².